The normalized spacial score (nSPS) is 11.3. The zero-order valence-electron chi connectivity index (χ0n) is 17.4. The van der Waals surface area contributed by atoms with Crippen LogP contribution >= 0.6 is 11.9 Å². The quantitative estimate of drug-likeness (QED) is 0.417. The maximum atomic E-state index is 12.1. The van der Waals surface area contributed by atoms with E-state index in [9.17, 15) is 4.79 Å². The van der Waals surface area contributed by atoms with E-state index in [2.05, 4.69) is 26.9 Å². The van der Waals surface area contributed by atoms with Gasteiger partial charge in [0.2, 0.25) is 0 Å². The van der Waals surface area contributed by atoms with Gasteiger partial charge in [0.25, 0.3) is 0 Å². The Bertz CT molecular complexity index is 991. The molecule has 0 aliphatic heterocycles. The molecule has 2 aromatic heterocycles. The monoisotopic (exact) mass is 410 g/mol. The molecule has 0 bridgehead atoms. The summed E-state index contributed by atoms with van der Waals surface area (Å²) in [5.41, 5.74) is 3.46. The van der Waals surface area contributed by atoms with Crippen molar-refractivity contribution in [2.75, 3.05) is 15.8 Å². The molecular weight excluding hydrogens is 384 g/mol. The number of carbonyl (C=O) groups is 1. The molecule has 3 rings (SSSR count). The van der Waals surface area contributed by atoms with Crippen LogP contribution in [0.5, 0.6) is 0 Å². The molecule has 0 atom stereocenters. The average molecular weight is 411 g/mol. The van der Waals surface area contributed by atoms with Crippen molar-refractivity contribution in [3.8, 4) is 11.3 Å². The van der Waals surface area contributed by atoms with E-state index in [4.69, 9.17) is 5.10 Å². The predicted molar refractivity (Wildman–Crippen MR) is 120 cm³/mol. The number of hydrogen-bond acceptors (Lipinski definition) is 7. The number of nitrogens with zero attached hydrogens (tertiary/aromatic N) is 4. The summed E-state index contributed by atoms with van der Waals surface area (Å²) in [6, 6.07) is 7.91. The molecule has 29 heavy (non-hydrogen) atoms. The fourth-order valence-electron chi connectivity index (χ4n) is 2.86. The lowest BCUT2D eigenvalue weighted by Crippen LogP contribution is -2.25. The standard InChI is InChI=1S/C21H26N6OS/c1-6-29-26-16-9-7-15(8-10-16)19-17(13-28)20(27(25-19)21(3,4)5)24-18-12-22-11-14(2)23-18/h7-13,26H,6H2,1-5H3,(H,23,24). The van der Waals surface area contributed by atoms with Crippen molar-refractivity contribution in [3.63, 3.8) is 0 Å². The number of aldehydes is 1. The van der Waals surface area contributed by atoms with E-state index in [0.29, 0.717) is 22.9 Å². The number of rotatable bonds is 7. The SMILES string of the molecule is CCSNc1ccc(-c2nn(C(C)(C)C)c(Nc3cncc(C)n3)c2C=O)cc1. The fraction of sp³-hybridized carbons (Fsp3) is 0.333. The van der Waals surface area contributed by atoms with Gasteiger partial charge in [-0.25, -0.2) is 9.67 Å². The number of carbonyl (C=O) groups excluding carboxylic acids is 1. The first-order chi connectivity index (χ1) is 13.8. The molecule has 3 aromatic rings. The van der Waals surface area contributed by atoms with E-state index in [1.807, 2.05) is 56.6 Å². The van der Waals surface area contributed by atoms with Crippen molar-refractivity contribution < 1.29 is 4.79 Å². The summed E-state index contributed by atoms with van der Waals surface area (Å²) in [5.74, 6) is 2.15. The van der Waals surface area contributed by atoms with Crippen molar-refractivity contribution in [1.82, 2.24) is 19.7 Å². The smallest absolute Gasteiger partial charge is 0.156 e. The van der Waals surface area contributed by atoms with Crippen LogP contribution in [-0.4, -0.2) is 31.8 Å². The molecule has 0 amide bonds. The van der Waals surface area contributed by atoms with Crippen LogP contribution in [0.1, 0.15) is 43.7 Å². The minimum atomic E-state index is -0.338. The molecule has 0 fully saturated rings. The average Bonchev–Trinajstić information content (AvgIpc) is 3.05. The number of benzene rings is 1. The van der Waals surface area contributed by atoms with Gasteiger partial charge in [-0.1, -0.05) is 31.0 Å². The van der Waals surface area contributed by atoms with Gasteiger partial charge < -0.3 is 10.0 Å². The maximum absolute atomic E-state index is 12.1. The molecule has 2 heterocycles. The first-order valence-electron chi connectivity index (χ1n) is 9.46. The summed E-state index contributed by atoms with van der Waals surface area (Å²) in [4.78, 5) is 20.7. The predicted octanol–water partition coefficient (Wildman–Crippen LogP) is 5.04. The van der Waals surface area contributed by atoms with Crippen molar-refractivity contribution in [3.05, 3.63) is 47.9 Å². The van der Waals surface area contributed by atoms with Gasteiger partial charge in [0.1, 0.15) is 17.3 Å². The molecular formula is C21H26N6OS. The number of hydrogen-bond donors (Lipinski definition) is 2. The van der Waals surface area contributed by atoms with Crippen LogP contribution in [0, 0.1) is 6.92 Å². The lowest BCUT2D eigenvalue weighted by atomic mass is 10.1. The number of aryl methyl sites for hydroxylation is 1. The van der Waals surface area contributed by atoms with Gasteiger partial charge >= 0.3 is 0 Å². The Hall–Kier alpha value is -2.87. The fourth-order valence-corrected chi connectivity index (χ4v) is 3.30. The van der Waals surface area contributed by atoms with Crippen LogP contribution in [0.4, 0.5) is 17.3 Å². The molecule has 8 heteroatoms. The summed E-state index contributed by atoms with van der Waals surface area (Å²) in [5, 5.41) is 8.03. The summed E-state index contributed by atoms with van der Waals surface area (Å²) in [7, 11) is 0. The molecule has 0 unspecified atom stereocenters. The minimum Gasteiger partial charge on any atom is -0.330 e. The summed E-state index contributed by atoms with van der Waals surface area (Å²) in [6.45, 7) is 10.1. The lowest BCUT2D eigenvalue weighted by Gasteiger charge is -2.22. The van der Waals surface area contributed by atoms with Crippen molar-refractivity contribution in [1.29, 1.82) is 0 Å². The Morgan fingerprint density at radius 2 is 1.90 bits per heavy atom. The zero-order chi connectivity index (χ0) is 21.0. The lowest BCUT2D eigenvalue weighted by molar-refractivity contribution is 0.112. The van der Waals surface area contributed by atoms with Crippen molar-refractivity contribution in [2.24, 2.45) is 0 Å². The summed E-state index contributed by atoms with van der Waals surface area (Å²) >= 11 is 1.63. The molecule has 152 valence electrons. The van der Waals surface area contributed by atoms with Crippen LogP contribution in [0.25, 0.3) is 11.3 Å². The third-order valence-corrected chi connectivity index (χ3v) is 4.84. The Balaban J connectivity index is 2.06. The van der Waals surface area contributed by atoms with Crippen LogP contribution in [-0.2, 0) is 5.54 Å². The molecule has 7 nitrogen and oxygen atoms in total. The van der Waals surface area contributed by atoms with Crippen molar-refractivity contribution >= 4 is 35.6 Å². The first kappa shape index (κ1) is 20.9. The largest absolute Gasteiger partial charge is 0.330 e. The highest BCUT2D eigenvalue weighted by Crippen LogP contribution is 2.33. The molecule has 0 saturated heterocycles. The van der Waals surface area contributed by atoms with Gasteiger partial charge in [-0.15, -0.1) is 0 Å². The molecule has 0 saturated carbocycles. The third kappa shape index (κ3) is 4.76. The van der Waals surface area contributed by atoms with Gasteiger partial charge in [0, 0.05) is 23.2 Å². The highest BCUT2D eigenvalue weighted by Gasteiger charge is 2.26. The highest BCUT2D eigenvalue weighted by molar-refractivity contribution is 8.00. The summed E-state index contributed by atoms with van der Waals surface area (Å²) < 4.78 is 5.10. The second kappa shape index (κ2) is 8.65. The minimum absolute atomic E-state index is 0.338. The van der Waals surface area contributed by atoms with E-state index in [1.54, 1.807) is 24.3 Å². The Kier molecular flexibility index (Phi) is 6.22. The molecule has 1 aromatic carbocycles. The van der Waals surface area contributed by atoms with E-state index >= 15 is 0 Å². The number of aromatic nitrogens is 4. The molecule has 0 aliphatic rings. The van der Waals surface area contributed by atoms with E-state index in [0.717, 1.165) is 29.0 Å². The third-order valence-electron chi connectivity index (χ3n) is 4.17. The number of anilines is 3. The number of nitrogens with one attached hydrogen (secondary N) is 2. The zero-order valence-corrected chi connectivity index (χ0v) is 18.2. The molecule has 0 spiro atoms. The Morgan fingerprint density at radius 1 is 1.17 bits per heavy atom. The highest BCUT2D eigenvalue weighted by atomic mass is 32.2. The molecule has 0 radical (unpaired) electrons. The Labute approximate surface area is 175 Å². The van der Waals surface area contributed by atoms with E-state index in [-0.39, 0.29) is 5.54 Å². The van der Waals surface area contributed by atoms with Crippen LogP contribution < -0.4 is 10.0 Å². The first-order valence-corrected chi connectivity index (χ1v) is 10.4. The van der Waals surface area contributed by atoms with Crippen LogP contribution in [0.2, 0.25) is 0 Å². The van der Waals surface area contributed by atoms with E-state index in [1.165, 1.54) is 0 Å². The second-order valence-electron chi connectivity index (χ2n) is 7.59. The molecule has 2 N–H and O–H groups in total. The second-order valence-corrected chi connectivity index (χ2v) is 8.66. The van der Waals surface area contributed by atoms with Gasteiger partial charge in [-0.2, -0.15) is 5.10 Å². The van der Waals surface area contributed by atoms with Gasteiger partial charge in [0.05, 0.1) is 23.0 Å². The van der Waals surface area contributed by atoms with Crippen LogP contribution in [0.15, 0.2) is 36.7 Å². The Morgan fingerprint density at radius 3 is 2.48 bits per heavy atom. The topological polar surface area (TPSA) is 84.7 Å². The van der Waals surface area contributed by atoms with E-state index < -0.39 is 0 Å². The summed E-state index contributed by atoms with van der Waals surface area (Å²) in [6.07, 6.45) is 4.16. The molecule has 0 aliphatic carbocycles. The maximum Gasteiger partial charge on any atom is 0.156 e. The van der Waals surface area contributed by atoms with Gasteiger partial charge in [-0.3, -0.25) is 9.78 Å². The van der Waals surface area contributed by atoms with Gasteiger partial charge in [-0.05, 0) is 39.8 Å². The van der Waals surface area contributed by atoms with Crippen molar-refractivity contribution in [2.45, 2.75) is 40.2 Å². The van der Waals surface area contributed by atoms with Crippen LogP contribution in [0.3, 0.4) is 0 Å². The van der Waals surface area contributed by atoms with Gasteiger partial charge in [0.15, 0.2) is 6.29 Å².